The number of rotatable bonds is 9. The molecule has 1 atom stereocenters. The van der Waals surface area contributed by atoms with E-state index in [-0.39, 0.29) is 5.91 Å². The second-order valence-corrected chi connectivity index (χ2v) is 5.76. The standard InChI is InChI=1S/C18H24N2O5/c1-20(2)16(22)10-5-3-4-7-13-8-6-9-14(11-13)17(23)19-15(12-21)18(24)25/h4,6-9,11,15,21H,3,5,10,12H2,1-2H3,(H,19,23)(H,24,25)/t15-/m1/s1. The number of hydrogen-bond donors (Lipinski definition) is 3. The molecule has 0 aliphatic rings. The Kier molecular flexibility index (Phi) is 8.35. The number of carboxylic acid groups (broad SMARTS) is 1. The van der Waals surface area contributed by atoms with Crippen LogP contribution in [0.4, 0.5) is 0 Å². The summed E-state index contributed by atoms with van der Waals surface area (Å²) in [6.07, 6.45) is 5.73. The predicted octanol–water partition coefficient (Wildman–Crippen LogP) is 1.13. The van der Waals surface area contributed by atoms with Crippen LogP contribution >= 0.6 is 0 Å². The lowest BCUT2D eigenvalue weighted by Gasteiger charge is -2.11. The van der Waals surface area contributed by atoms with Crippen LogP contribution in [0.1, 0.15) is 35.2 Å². The molecule has 1 aromatic rings. The Morgan fingerprint density at radius 3 is 2.60 bits per heavy atom. The second-order valence-electron chi connectivity index (χ2n) is 5.76. The highest BCUT2D eigenvalue weighted by atomic mass is 16.4. The van der Waals surface area contributed by atoms with Gasteiger partial charge in [-0.2, -0.15) is 0 Å². The summed E-state index contributed by atoms with van der Waals surface area (Å²) in [5, 5.41) is 20.1. The van der Waals surface area contributed by atoms with E-state index in [2.05, 4.69) is 5.32 Å². The van der Waals surface area contributed by atoms with Crippen LogP contribution in [0.15, 0.2) is 30.3 Å². The molecule has 0 saturated heterocycles. The number of carbonyl (C=O) groups excluding carboxylic acids is 2. The molecule has 0 fully saturated rings. The average molecular weight is 348 g/mol. The van der Waals surface area contributed by atoms with E-state index in [0.29, 0.717) is 12.0 Å². The van der Waals surface area contributed by atoms with Crippen molar-refractivity contribution in [2.45, 2.75) is 25.3 Å². The minimum absolute atomic E-state index is 0.0870. The number of nitrogens with zero attached hydrogens (tertiary/aromatic N) is 1. The molecule has 0 heterocycles. The van der Waals surface area contributed by atoms with Gasteiger partial charge in [0.05, 0.1) is 6.61 Å². The van der Waals surface area contributed by atoms with Crippen LogP contribution in [-0.2, 0) is 9.59 Å². The van der Waals surface area contributed by atoms with Crippen LogP contribution in [-0.4, -0.2) is 59.6 Å². The summed E-state index contributed by atoms with van der Waals surface area (Å²) in [5.74, 6) is -1.77. The molecule has 0 saturated carbocycles. The number of carbonyl (C=O) groups is 3. The van der Waals surface area contributed by atoms with Crippen molar-refractivity contribution in [3.05, 3.63) is 41.5 Å². The number of aliphatic hydroxyl groups excluding tert-OH is 1. The van der Waals surface area contributed by atoms with Crippen LogP contribution in [0.5, 0.6) is 0 Å². The van der Waals surface area contributed by atoms with Crippen molar-refractivity contribution in [1.29, 1.82) is 0 Å². The first-order valence-electron chi connectivity index (χ1n) is 7.96. The molecule has 25 heavy (non-hydrogen) atoms. The maximum atomic E-state index is 12.0. The van der Waals surface area contributed by atoms with Gasteiger partial charge in [-0.05, 0) is 30.5 Å². The van der Waals surface area contributed by atoms with E-state index in [9.17, 15) is 14.4 Å². The molecule has 7 heteroatoms. The lowest BCUT2D eigenvalue weighted by Crippen LogP contribution is -2.43. The largest absolute Gasteiger partial charge is 0.480 e. The first kappa shape index (κ1) is 20.4. The van der Waals surface area contributed by atoms with Gasteiger partial charge in [0.2, 0.25) is 5.91 Å². The number of amides is 2. The van der Waals surface area contributed by atoms with Crippen molar-refractivity contribution < 1.29 is 24.6 Å². The molecule has 0 aromatic heterocycles. The maximum Gasteiger partial charge on any atom is 0.328 e. The van der Waals surface area contributed by atoms with Crippen molar-refractivity contribution in [1.82, 2.24) is 10.2 Å². The summed E-state index contributed by atoms with van der Waals surface area (Å²) in [6.45, 7) is -0.674. The highest BCUT2D eigenvalue weighted by Gasteiger charge is 2.19. The Bertz CT molecular complexity index is 640. The number of carboxylic acids is 1. The molecule has 0 bridgehead atoms. The van der Waals surface area contributed by atoms with Gasteiger partial charge in [0, 0.05) is 26.1 Å². The van der Waals surface area contributed by atoms with Crippen molar-refractivity contribution in [2.75, 3.05) is 20.7 Å². The van der Waals surface area contributed by atoms with Crippen LogP contribution in [0.3, 0.4) is 0 Å². The molecule has 1 rings (SSSR count). The molecule has 0 unspecified atom stereocenters. The molecule has 0 aliphatic heterocycles. The fourth-order valence-electron chi connectivity index (χ4n) is 2.02. The molecule has 1 aromatic carbocycles. The smallest absolute Gasteiger partial charge is 0.328 e. The zero-order chi connectivity index (χ0) is 18.8. The third kappa shape index (κ3) is 7.17. The van der Waals surface area contributed by atoms with E-state index < -0.39 is 24.5 Å². The van der Waals surface area contributed by atoms with Gasteiger partial charge in [0.1, 0.15) is 0 Å². The fourth-order valence-corrected chi connectivity index (χ4v) is 2.02. The number of hydrogen-bond acceptors (Lipinski definition) is 4. The Hall–Kier alpha value is -2.67. The van der Waals surface area contributed by atoms with Gasteiger partial charge in [-0.15, -0.1) is 0 Å². The van der Waals surface area contributed by atoms with Gasteiger partial charge in [-0.1, -0.05) is 24.3 Å². The van der Waals surface area contributed by atoms with Gasteiger partial charge >= 0.3 is 5.97 Å². The van der Waals surface area contributed by atoms with Crippen LogP contribution in [0.2, 0.25) is 0 Å². The first-order chi connectivity index (χ1) is 11.8. The number of allylic oxidation sites excluding steroid dienone is 1. The molecular formula is C18H24N2O5. The summed E-state index contributed by atoms with van der Waals surface area (Å²) in [6, 6.07) is 5.38. The lowest BCUT2D eigenvalue weighted by molar-refractivity contribution is -0.140. The fraction of sp³-hybridized carbons (Fsp3) is 0.389. The number of benzene rings is 1. The Morgan fingerprint density at radius 1 is 1.28 bits per heavy atom. The predicted molar refractivity (Wildman–Crippen MR) is 94.0 cm³/mol. The van der Waals surface area contributed by atoms with E-state index in [0.717, 1.165) is 18.4 Å². The molecule has 0 radical (unpaired) electrons. The Labute approximate surface area is 147 Å². The zero-order valence-corrected chi connectivity index (χ0v) is 14.4. The SMILES string of the molecule is CN(C)C(=O)CCCC=Cc1cccc(C(=O)N[C@H](CO)C(=O)O)c1. The Morgan fingerprint density at radius 2 is 2.00 bits per heavy atom. The molecule has 0 spiro atoms. The van der Waals surface area contributed by atoms with Gasteiger partial charge in [0.25, 0.3) is 5.91 Å². The molecule has 7 nitrogen and oxygen atoms in total. The molecule has 136 valence electrons. The number of unbranched alkanes of at least 4 members (excludes halogenated alkanes) is 1. The van der Waals surface area contributed by atoms with E-state index >= 15 is 0 Å². The maximum absolute atomic E-state index is 12.0. The van der Waals surface area contributed by atoms with Gasteiger partial charge in [0.15, 0.2) is 6.04 Å². The van der Waals surface area contributed by atoms with Crippen molar-refractivity contribution >= 4 is 23.9 Å². The summed E-state index contributed by atoms with van der Waals surface area (Å²) in [4.78, 5) is 35.9. The highest BCUT2D eigenvalue weighted by Crippen LogP contribution is 2.09. The van der Waals surface area contributed by atoms with Crippen LogP contribution < -0.4 is 5.32 Å². The third-order valence-corrected chi connectivity index (χ3v) is 3.51. The number of aliphatic hydroxyl groups is 1. The highest BCUT2D eigenvalue weighted by molar-refractivity contribution is 5.97. The van der Waals surface area contributed by atoms with Crippen LogP contribution in [0, 0.1) is 0 Å². The molecular weight excluding hydrogens is 324 g/mol. The normalized spacial score (nSPS) is 12.0. The van der Waals surface area contributed by atoms with Crippen LogP contribution in [0.25, 0.3) is 6.08 Å². The summed E-state index contributed by atoms with van der Waals surface area (Å²) < 4.78 is 0. The van der Waals surface area contributed by atoms with E-state index in [1.165, 1.54) is 0 Å². The van der Waals surface area contributed by atoms with E-state index in [4.69, 9.17) is 10.2 Å². The van der Waals surface area contributed by atoms with E-state index in [1.807, 2.05) is 18.2 Å². The Balaban J connectivity index is 2.59. The topological polar surface area (TPSA) is 107 Å². The first-order valence-corrected chi connectivity index (χ1v) is 7.96. The van der Waals surface area contributed by atoms with Gasteiger partial charge in [-0.25, -0.2) is 4.79 Å². The molecule has 3 N–H and O–H groups in total. The van der Waals surface area contributed by atoms with Gasteiger partial charge < -0.3 is 20.4 Å². The lowest BCUT2D eigenvalue weighted by atomic mass is 10.1. The van der Waals surface area contributed by atoms with Crippen molar-refractivity contribution in [2.24, 2.45) is 0 Å². The van der Waals surface area contributed by atoms with Crippen molar-refractivity contribution in [3.8, 4) is 0 Å². The zero-order valence-electron chi connectivity index (χ0n) is 14.4. The second kappa shape index (κ2) is 10.2. The van der Waals surface area contributed by atoms with E-state index in [1.54, 1.807) is 37.2 Å². The quantitative estimate of drug-likeness (QED) is 0.580. The monoisotopic (exact) mass is 348 g/mol. The summed E-state index contributed by atoms with van der Waals surface area (Å²) >= 11 is 0. The summed E-state index contributed by atoms with van der Waals surface area (Å²) in [5.41, 5.74) is 1.10. The molecule has 2 amide bonds. The minimum atomic E-state index is -1.33. The summed E-state index contributed by atoms with van der Waals surface area (Å²) in [7, 11) is 3.45. The third-order valence-electron chi connectivity index (χ3n) is 3.51. The minimum Gasteiger partial charge on any atom is -0.480 e. The van der Waals surface area contributed by atoms with Gasteiger partial charge in [-0.3, -0.25) is 9.59 Å². The average Bonchev–Trinajstić information content (AvgIpc) is 2.58. The number of aliphatic carboxylic acids is 1. The van der Waals surface area contributed by atoms with Crippen molar-refractivity contribution in [3.63, 3.8) is 0 Å². The molecule has 0 aliphatic carbocycles. The number of nitrogens with one attached hydrogen (secondary N) is 1.